The Labute approximate surface area is 204 Å². The number of rotatable bonds is 7. The molecule has 1 aliphatic carbocycles. The minimum absolute atomic E-state index is 0.0578. The molecule has 1 saturated heterocycles. The Bertz CT molecular complexity index is 1200. The van der Waals surface area contributed by atoms with Gasteiger partial charge in [-0.1, -0.05) is 13.8 Å². The predicted molar refractivity (Wildman–Crippen MR) is 127 cm³/mol. The van der Waals surface area contributed by atoms with Crippen LogP contribution in [0.25, 0.3) is 0 Å². The summed E-state index contributed by atoms with van der Waals surface area (Å²) < 4.78 is 32.9. The summed E-state index contributed by atoms with van der Waals surface area (Å²) in [5.74, 6) is 1.08. The molecule has 1 atom stereocenters. The number of aliphatic hydroxyl groups is 1. The third-order valence-corrected chi connectivity index (χ3v) is 7.87. The number of β-amino-alcohol motifs (C(OH)–C–C–N with tert-alkyl or cyclic N) is 1. The van der Waals surface area contributed by atoms with Crippen LogP contribution in [0.15, 0.2) is 37.1 Å². The molecule has 3 aromatic heterocycles. The Balaban J connectivity index is 1.36. The minimum atomic E-state index is -2.63. The van der Waals surface area contributed by atoms with E-state index in [2.05, 4.69) is 23.8 Å². The fraction of sp³-hybridized carbons (Fsp3) is 0.577. The van der Waals surface area contributed by atoms with Crippen LogP contribution in [0.2, 0.25) is 0 Å². The standard InChI is InChI=1S/C26H34F2N5O2/c1-17(2)18-3-5-20(6-4-18)31-13-19(23(16-31)26(27)28)11-25(35)24-12-29-33-10-7-21(14-32(24)33)30-9-8-22(34)15-30/h7,10,12-14,16-18,20,22,26,34H,3-6,8-9,11,15H2,1-2H3/q+1/t18?,20?,22-/m0/s1. The summed E-state index contributed by atoms with van der Waals surface area (Å²) in [6, 6.07) is 2.10. The van der Waals surface area contributed by atoms with Crippen LogP contribution in [0.1, 0.15) is 80.0 Å². The van der Waals surface area contributed by atoms with Crippen molar-refractivity contribution in [3.05, 3.63) is 53.9 Å². The zero-order chi connectivity index (χ0) is 24.7. The lowest BCUT2D eigenvalue weighted by Gasteiger charge is -2.31. The van der Waals surface area contributed by atoms with E-state index in [4.69, 9.17) is 0 Å². The lowest BCUT2D eigenvalue weighted by Crippen LogP contribution is -2.36. The largest absolute Gasteiger partial charge is 0.391 e. The summed E-state index contributed by atoms with van der Waals surface area (Å²) in [7, 11) is 0. The first-order valence-corrected chi connectivity index (χ1v) is 12.6. The number of hydrogen-bond acceptors (Lipinski definition) is 4. The number of fused-ring (bicyclic) bond motifs is 1. The van der Waals surface area contributed by atoms with Crippen molar-refractivity contribution < 1.29 is 23.2 Å². The molecule has 0 amide bonds. The van der Waals surface area contributed by atoms with Gasteiger partial charge in [-0.2, -0.15) is 0 Å². The molecule has 0 aromatic carbocycles. The van der Waals surface area contributed by atoms with Gasteiger partial charge >= 0.3 is 0 Å². The number of carbonyl (C=O) groups is 1. The Morgan fingerprint density at radius 3 is 2.63 bits per heavy atom. The molecular weight excluding hydrogens is 452 g/mol. The molecule has 7 nitrogen and oxygen atoms in total. The van der Waals surface area contributed by atoms with Gasteiger partial charge in [0, 0.05) is 48.6 Å². The number of anilines is 1. The number of alkyl halides is 2. The average Bonchev–Trinajstić information content (AvgIpc) is 3.56. The van der Waals surface area contributed by atoms with Crippen LogP contribution in [-0.2, 0) is 6.42 Å². The Hall–Kier alpha value is -2.81. The number of aromatic nitrogens is 4. The van der Waals surface area contributed by atoms with Gasteiger partial charge in [-0.25, -0.2) is 8.78 Å². The highest BCUT2D eigenvalue weighted by atomic mass is 19.3. The number of hydrogen-bond donors (Lipinski definition) is 1. The van der Waals surface area contributed by atoms with E-state index in [-0.39, 0.29) is 29.9 Å². The van der Waals surface area contributed by atoms with Crippen LogP contribution in [0.5, 0.6) is 0 Å². The van der Waals surface area contributed by atoms with E-state index in [9.17, 15) is 18.7 Å². The van der Waals surface area contributed by atoms with Crippen LogP contribution in [-0.4, -0.2) is 44.4 Å². The molecule has 1 aliphatic heterocycles. The van der Waals surface area contributed by atoms with Gasteiger partial charge < -0.3 is 14.6 Å². The van der Waals surface area contributed by atoms with Gasteiger partial charge in [0.25, 0.3) is 6.43 Å². The van der Waals surface area contributed by atoms with Gasteiger partial charge in [0.2, 0.25) is 17.7 Å². The first-order valence-electron chi connectivity index (χ1n) is 12.6. The summed E-state index contributed by atoms with van der Waals surface area (Å²) in [6.45, 7) is 5.77. The SMILES string of the molecule is CC(C)C1CCC(n2cc(CC(=O)c3cnn4ccc(N5CC[C@H](O)C5)c[n+]34)c(C(F)F)c2)CC1. The van der Waals surface area contributed by atoms with Gasteiger partial charge in [-0.05, 0) is 60.2 Å². The maximum absolute atomic E-state index is 13.9. The number of carbonyl (C=O) groups excluding carboxylic acids is 1. The molecule has 5 rings (SSSR count). The second-order valence-electron chi connectivity index (χ2n) is 10.5. The van der Waals surface area contributed by atoms with Gasteiger partial charge in [0.1, 0.15) is 6.20 Å². The number of aliphatic hydroxyl groups excluding tert-OH is 1. The number of nitrogens with zero attached hydrogens (tertiary/aromatic N) is 5. The number of ketones is 1. The van der Waals surface area contributed by atoms with Gasteiger partial charge in [0.05, 0.1) is 18.0 Å². The van der Waals surface area contributed by atoms with Crippen LogP contribution in [0.3, 0.4) is 0 Å². The van der Waals surface area contributed by atoms with E-state index >= 15 is 0 Å². The maximum atomic E-state index is 13.9. The van der Waals surface area contributed by atoms with Crippen molar-refractivity contribution in [2.45, 2.75) is 70.9 Å². The normalized spacial score (nSPS) is 23.2. The highest BCUT2D eigenvalue weighted by molar-refractivity contribution is 5.94. The molecule has 35 heavy (non-hydrogen) atoms. The monoisotopic (exact) mass is 486 g/mol. The summed E-state index contributed by atoms with van der Waals surface area (Å²) in [6.07, 6.45) is 10.1. The lowest BCUT2D eigenvalue weighted by atomic mass is 9.79. The molecular formula is C26H34F2N5O2+. The van der Waals surface area contributed by atoms with Gasteiger partial charge in [-0.3, -0.25) is 4.79 Å². The minimum Gasteiger partial charge on any atom is -0.391 e. The first kappa shape index (κ1) is 23.9. The van der Waals surface area contributed by atoms with Crippen molar-refractivity contribution in [1.29, 1.82) is 0 Å². The molecule has 1 saturated carbocycles. The van der Waals surface area contributed by atoms with Crippen LogP contribution in [0.4, 0.5) is 14.5 Å². The van der Waals surface area contributed by atoms with Crippen molar-refractivity contribution in [3.8, 4) is 0 Å². The quantitative estimate of drug-likeness (QED) is 0.404. The second-order valence-corrected chi connectivity index (χ2v) is 10.5. The summed E-state index contributed by atoms with van der Waals surface area (Å²) >= 11 is 0. The fourth-order valence-corrected chi connectivity index (χ4v) is 5.67. The molecule has 0 bridgehead atoms. The summed E-state index contributed by atoms with van der Waals surface area (Å²) in [4.78, 5) is 15.3. The van der Waals surface area contributed by atoms with Crippen molar-refractivity contribution >= 4 is 11.5 Å². The zero-order valence-corrected chi connectivity index (χ0v) is 20.4. The van der Waals surface area contributed by atoms with Gasteiger partial charge in [0.15, 0.2) is 0 Å². The number of Topliss-reactive ketones (excluding diaryl/α,β-unsaturated/α-hetero) is 1. The summed E-state index contributed by atoms with van der Waals surface area (Å²) in [5, 5.41) is 14.1. The van der Waals surface area contributed by atoms with E-state index in [0.29, 0.717) is 36.1 Å². The molecule has 9 heteroatoms. The van der Waals surface area contributed by atoms with Crippen molar-refractivity contribution in [1.82, 2.24) is 14.3 Å². The van der Waals surface area contributed by atoms with E-state index < -0.39 is 6.43 Å². The van der Waals surface area contributed by atoms with E-state index in [0.717, 1.165) is 37.9 Å². The van der Waals surface area contributed by atoms with E-state index in [1.807, 2.05) is 16.8 Å². The Morgan fingerprint density at radius 1 is 1.20 bits per heavy atom. The molecule has 2 aliphatic rings. The fourth-order valence-electron chi connectivity index (χ4n) is 5.67. The van der Waals surface area contributed by atoms with Crippen molar-refractivity contribution in [2.24, 2.45) is 11.8 Å². The van der Waals surface area contributed by atoms with Gasteiger partial charge in [-0.15, -0.1) is 4.52 Å². The molecule has 0 radical (unpaired) electrons. The Morgan fingerprint density at radius 2 is 1.97 bits per heavy atom. The first-order chi connectivity index (χ1) is 16.8. The second kappa shape index (κ2) is 9.68. The maximum Gasteiger partial charge on any atom is 0.265 e. The molecule has 3 aromatic rings. The van der Waals surface area contributed by atoms with E-state index in [1.54, 1.807) is 27.7 Å². The smallest absolute Gasteiger partial charge is 0.265 e. The zero-order valence-electron chi connectivity index (χ0n) is 20.4. The molecule has 1 N–H and O–H groups in total. The van der Waals surface area contributed by atoms with Crippen LogP contribution in [0, 0.1) is 11.8 Å². The predicted octanol–water partition coefficient (Wildman–Crippen LogP) is 4.04. The molecule has 0 spiro atoms. The molecule has 2 fully saturated rings. The number of halogens is 2. The third-order valence-electron chi connectivity index (χ3n) is 7.87. The highest BCUT2D eigenvalue weighted by Crippen LogP contribution is 2.37. The average molecular weight is 487 g/mol. The van der Waals surface area contributed by atoms with Crippen LogP contribution < -0.4 is 9.42 Å². The van der Waals surface area contributed by atoms with Crippen molar-refractivity contribution in [2.75, 3.05) is 18.0 Å². The van der Waals surface area contributed by atoms with Crippen LogP contribution >= 0.6 is 0 Å². The molecule has 4 heterocycles. The third kappa shape index (κ3) is 4.83. The lowest BCUT2D eigenvalue weighted by molar-refractivity contribution is -0.624. The summed E-state index contributed by atoms with van der Waals surface area (Å²) in [5.41, 5.74) is 1.55. The molecule has 0 unspecified atom stereocenters. The van der Waals surface area contributed by atoms with Crippen molar-refractivity contribution in [3.63, 3.8) is 0 Å². The highest BCUT2D eigenvalue weighted by Gasteiger charge is 2.29. The Kier molecular flexibility index (Phi) is 6.61. The van der Waals surface area contributed by atoms with E-state index in [1.165, 1.54) is 6.20 Å². The topological polar surface area (TPSA) is 66.9 Å². The molecule has 188 valence electrons.